The summed E-state index contributed by atoms with van der Waals surface area (Å²) in [6.07, 6.45) is -5.72. The number of amides is 1. The summed E-state index contributed by atoms with van der Waals surface area (Å²) >= 11 is 0.905. The average Bonchev–Trinajstić information content (AvgIpc) is 2.87. The summed E-state index contributed by atoms with van der Waals surface area (Å²) in [6, 6.07) is 4.17. The first-order valence-electron chi connectivity index (χ1n) is 13.3. The number of carbonyl (C=O) groups is 1. The number of hydrogen-bond donors (Lipinski definition) is 2. The number of anilines is 1. The maximum Gasteiger partial charge on any atom is 0.459 e. The van der Waals surface area contributed by atoms with E-state index in [0.29, 0.717) is 31.1 Å². The van der Waals surface area contributed by atoms with Gasteiger partial charge < -0.3 is 10.4 Å². The quantitative estimate of drug-likeness (QED) is 0.124. The number of aliphatic hydroxyl groups is 1. The fourth-order valence-corrected chi connectivity index (χ4v) is 4.92. The lowest BCUT2D eigenvalue weighted by atomic mass is 9.96. The van der Waals surface area contributed by atoms with Crippen LogP contribution < -0.4 is 5.32 Å². The van der Waals surface area contributed by atoms with Gasteiger partial charge in [-0.1, -0.05) is 51.4 Å². The fraction of sp³-hybridized carbons (Fsp3) is 0.704. The molecule has 0 aliphatic heterocycles. The molecule has 1 unspecified atom stereocenters. The molecular formula is C27H34F10N2O2S. The summed E-state index contributed by atoms with van der Waals surface area (Å²) in [5, 5.41) is 21.6. The molecule has 0 saturated heterocycles. The molecular weight excluding hydrogens is 606 g/mol. The van der Waals surface area contributed by atoms with Crippen molar-refractivity contribution in [3.63, 3.8) is 0 Å². The Bertz CT molecular complexity index is 1040. The Kier molecular flexibility index (Phi) is 14.4. The van der Waals surface area contributed by atoms with Crippen LogP contribution in [-0.2, 0) is 11.0 Å². The number of benzene rings is 1. The molecule has 0 radical (unpaired) electrons. The van der Waals surface area contributed by atoms with Gasteiger partial charge in [0.2, 0.25) is 0 Å². The standard InChI is InChI=1S/C27H34F10N2O2S/c1-23(41,22(40)39-20-12-11-19(18-38)21(17-20)25(30,31)32)13-9-7-5-3-2-4-6-8-10-15-42-16-14-24(28,29)26(33,34)27(35,36)37/h11-12,17,41H,2-10,13-16H2,1H3,(H,39,40). The lowest BCUT2D eigenvalue weighted by Gasteiger charge is -2.28. The summed E-state index contributed by atoms with van der Waals surface area (Å²) in [5.74, 6) is -12.2. The molecule has 0 bridgehead atoms. The minimum Gasteiger partial charge on any atom is -0.380 e. The van der Waals surface area contributed by atoms with Gasteiger partial charge in [0.05, 0.1) is 17.2 Å². The highest BCUT2D eigenvalue weighted by Crippen LogP contribution is 2.48. The molecule has 42 heavy (non-hydrogen) atoms. The van der Waals surface area contributed by atoms with Crippen molar-refractivity contribution in [1.82, 2.24) is 0 Å². The number of nitrogens with zero attached hydrogens (tertiary/aromatic N) is 1. The molecule has 1 amide bonds. The van der Waals surface area contributed by atoms with Gasteiger partial charge in [0.25, 0.3) is 5.91 Å². The normalized spacial score (nSPS) is 14.4. The molecule has 0 aliphatic rings. The first-order chi connectivity index (χ1) is 19.3. The Balaban J connectivity index is 2.18. The van der Waals surface area contributed by atoms with Crippen LogP contribution in [-0.4, -0.2) is 46.1 Å². The summed E-state index contributed by atoms with van der Waals surface area (Å²) in [4.78, 5) is 12.4. The van der Waals surface area contributed by atoms with Crippen LogP contribution in [0.25, 0.3) is 0 Å². The van der Waals surface area contributed by atoms with E-state index >= 15 is 0 Å². The van der Waals surface area contributed by atoms with E-state index in [-0.39, 0.29) is 12.1 Å². The second-order valence-electron chi connectivity index (χ2n) is 10.2. The molecule has 0 fully saturated rings. The van der Waals surface area contributed by atoms with Crippen molar-refractivity contribution in [2.24, 2.45) is 0 Å². The molecule has 1 aromatic rings. The third kappa shape index (κ3) is 11.8. The molecule has 240 valence electrons. The second-order valence-corrected chi connectivity index (χ2v) is 11.4. The third-order valence-corrected chi connectivity index (χ3v) is 7.59. The summed E-state index contributed by atoms with van der Waals surface area (Å²) in [5.41, 5.74) is -3.80. The fourth-order valence-electron chi connectivity index (χ4n) is 3.91. The van der Waals surface area contributed by atoms with Gasteiger partial charge in [-0.25, -0.2) is 0 Å². The van der Waals surface area contributed by atoms with Crippen molar-refractivity contribution < 1.29 is 53.8 Å². The van der Waals surface area contributed by atoms with E-state index in [9.17, 15) is 53.8 Å². The molecule has 0 aromatic heterocycles. The number of hydrogen-bond acceptors (Lipinski definition) is 4. The lowest BCUT2D eigenvalue weighted by molar-refractivity contribution is -0.354. The first-order valence-corrected chi connectivity index (χ1v) is 14.5. The van der Waals surface area contributed by atoms with Gasteiger partial charge in [-0.2, -0.15) is 60.9 Å². The van der Waals surface area contributed by atoms with E-state index in [2.05, 4.69) is 5.32 Å². The third-order valence-electron chi connectivity index (χ3n) is 6.52. The predicted octanol–water partition coefficient (Wildman–Crippen LogP) is 9.12. The number of rotatable bonds is 18. The van der Waals surface area contributed by atoms with Crippen molar-refractivity contribution >= 4 is 23.4 Å². The van der Waals surface area contributed by atoms with Crippen LogP contribution in [0.3, 0.4) is 0 Å². The molecule has 0 spiro atoms. The van der Waals surface area contributed by atoms with Crippen molar-refractivity contribution in [1.29, 1.82) is 5.26 Å². The van der Waals surface area contributed by atoms with Gasteiger partial charge in [0.1, 0.15) is 5.60 Å². The van der Waals surface area contributed by atoms with Crippen LogP contribution >= 0.6 is 11.8 Å². The predicted molar refractivity (Wildman–Crippen MR) is 139 cm³/mol. The second kappa shape index (κ2) is 16.0. The van der Waals surface area contributed by atoms with Crippen molar-refractivity contribution in [3.05, 3.63) is 29.3 Å². The Morgan fingerprint density at radius 1 is 0.833 bits per heavy atom. The van der Waals surface area contributed by atoms with Gasteiger partial charge in [0, 0.05) is 12.1 Å². The maximum atomic E-state index is 13.2. The Labute approximate surface area is 242 Å². The van der Waals surface area contributed by atoms with E-state index < -0.39 is 59.0 Å². The molecule has 1 atom stereocenters. The highest BCUT2D eigenvalue weighted by molar-refractivity contribution is 7.99. The van der Waals surface area contributed by atoms with Crippen LogP contribution in [0, 0.1) is 11.3 Å². The van der Waals surface area contributed by atoms with E-state index in [1.54, 1.807) is 0 Å². The SMILES string of the molecule is CC(O)(CCCCCCCCCCCSCCC(F)(F)C(F)(F)C(F)(F)F)C(=O)Nc1ccc(C#N)c(C(F)(F)F)c1. The maximum absolute atomic E-state index is 13.2. The van der Waals surface area contributed by atoms with Gasteiger partial charge in [-0.15, -0.1) is 0 Å². The smallest absolute Gasteiger partial charge is 0.380 e. The molecule has 2 N–H and O–H groups in total. The zero-order valence-electron chi connectivity index (χ0n) is 22.9. The van der Waals surface area contributed by atoms with E-state index in [4.69, 9.17) is 5.26 Å². The highest BCUT2D eigenvalue weighted by atomic mass is 32.2. The van der Waals surface area contributed by atoms with Crippen molar-refractivity contribution in [2.75, 3.05) is 16.8 Å². The molecule has 4 nitrogen and oxygen atoms in total. The van der Waals surface area contributed by atoms with Gasteiger partial charge >= 0.3 is 24.2 Å². The molecule has 1 rings (SSSR count). The van der Waals surface area contributed by atoms with E-state index in [0.717, 1.165) is 62.4 Å². The molecule has 0 saturated carbocycles. The van der Waals surface area contributed by atoms with Gasteiger partial charge in [0.15, 0.2) is 0 Å². The van der Waals surface area contributed by atoms with Crippen molar-refractivity contribution in [2.45, 2.75) is 107 Å². The zero-order valence-corrected chi connectivity index (χ0v) is 23.7. The number of nitriles is 1. The number of alkyl halides is 10. The molecule has 0 heterocycles. The topological polar surface area (TPSA) is 73.1 Å². The first kappa shape index (κ1) is 37.8. The number of thioether (sulfide) groups is 1. The summed E-state index contributed by atoms with van der Waals surface area (Å²) in [6.45, 7) is 1.26. The Morgan fingerprint density at radius 3 is 1.86 bits per heavy atom. The van der Waals surface area contributed by atoms with Crippen LogP contribution in [0.15, 0.2) is 18.2 Å². The molecule has 15 heteroatoms. The zero-order chi connectivity index (χ0) is 32.2. The lowest BCUT2D eigenvalue weighted by Crippen LogP contribution is -2.52. The van der Waals surface area contributed by atoms with E-state index in [1.165, 1.54) is 13.0 Å². The minimum absolute atomic E-state index is 0.0820. The number of halogens is 10. The summed E-state index contributed by atoms with van der Waals surface area (Å²) < 4.78 is 128. The number of nitrogens with one attached hydrogen (secondary N) is 1. The molecule has 1 aromatic carbocycles. The summed E-state index contributed by atoms with van der Waals surface area (Å²) in [7, 11) is 0. The largest absolute Gasteiger partial charge is 0.459 e. The van der Waals surface area contributed by atoms with Crippen LogP contribution in [0.2, 0.25) is 0 Å². The van der Waals surface area contributed by atoms with Gasteiger partial charge in [-0.3, -0.25) is 4.79 Å². The Morgan fingerprint density at radius 2 is 1.36 bits per heavy atom. The van der Waals surface area contributed by atoms with Gasteiger partial charge in [-0.05, 0) is 49.5 Å². The highest BCUT2D eigenvalue weighted by Gasteiger charge is 2.72. The Hall–Kier alpha value is -2.21. The van der Waals surface area contributed by atoms with E-state index in [1.807, 2.05) is 0 Å². The van der Waals surface area contributed by atoms with Crippen molar-refractivity contribution in [3.8, 4) is 6.07 Å². The molecule has 0 aliphatic carbocycles. The van der Waals surface area contributed by atoms with Crippen LogP contribution in [0.5, 0.6) is 0 Å². The monoisotopic (exact) mass is 640 g/mol. The number of carbonyl (C=O) groups excluding carboxylic acids is 1. The average molecular weight is 641 g/mol. The van der Waals surface area contributed by atoms with Crippen LogP contribution in [0.4, 0.5) is 49.6 Å². The minimum atomic E-state index is -6.30. The van der Waals surface area contributed by atoms with Crippen LogP contribution in [0.1, 0.15) is 88.7 Å². The number of unbranched alkanes of at least 4 members (excludes halogenated alkanes) is 8.